The van der Waals surface area contributed by atoms with Gasteiger partial charge in [0.05, 0.1) is 0 Å². The molecule has 11 heteroatoms. The van der Waals surface area contributed by atoms with E-state index in [1.165, 1.54) is 20.0 Å². The monoisotopic (exact) mass is 466 g/mol. The van der Waals surface area contributed by atoms with E-state index < -0.39 is 55.5 Å². The highest BCUT2D eigenvalue weighted by molar-refractivity contribution is 6.74. The smallest absolute Gasteiger partial charge is 0.330 e. The molecule has 0 aliphatic carbocycles. The van der Waals surface area contributed by atoms with Gasteiger partial charge in [0.25, 0.3) is 5.56 Å². The Morgan fingerprint density at radius 3 is 2.38 bits per heavy atom. The molecule has 0 radical (unpaired) electrons. The zero-order valence-corrected chi connectivity index (χ0v) is 20.4. The van der Waals surface area contributed by atoms with E-state index in [1.54, 1.807) is 0 Å². The number of nitrogens with zero attached hydrogens (tertiary/aromatic N) is 1. The average Bonchev–Trinajstić information content (AvgIpc) is 2.91. The summed E-state index contributed by atoms with van der Waals surface area (Å²) in [6, 6.07) is 1.15. The quantitative estimate of drug-likeness (QED) is 0.378. The van der Waals surface area contributed by atoms with Gasteiger partial charge in [-0.15, -0.1) is 6.42 Å². The molecule has 0 amide bonds. The molecule has 1 aromatic heterocycles. The Labute approximate surface area is 187 Å². The topological polar surface area (TPSA) is 126 Å². The molecule has 0 unspecified atom stereocenters. The molecular formula is C21H30N2O8Si. The predicted molar refractivity (Wildman–Crippen MR) is 117 cm³/mol. The molecule has 2 rings (SSSR count). The third kappa shape index (κ3) is 5.03. The van der Waals surface area contributed by atoms with Crippen molar-refractivity contribution in [1.29, 1.82) is 0 Å². The molecule has 0 bridgehead atoms. The summed E-state index contributed by atoms with van der Waals surface area (Å²) in [5.41, 5.74) is -3.14. The minimum absolute atomic E-state index is 0.266. The third-order valence-electron chi connectivity index (χ3n) is 5.79. The fraction of sp³-hybridized carbons (Fsp3) is 0.619. The van der Waals surface area contributed by atoms with Crippen molar-refractivity contribution in [2.45, 2.75) is 76.8 Å². The number of nitrogens with one attached hydrogen (secondary N) is 1. The Morgan fingerprint density at radius 1 is 1.28 bits per heavy atom. The van der Waals surface area contributed by atoms with Crippen molar-refractivity contribution in [3.05, 3.63) is 33.1 Å². The Kier molecular flexibility index (Phi) is 7.23. The van der Waals surface area contributed by atoms with Crippen molar-refractivity contribution < 1.29 is 28.2 Å². The summed E-state index contributed by atoms with van der Waals surface area (Å²) in [5.74, 6) is 1.20. The minimum atomic E-state index is -2.57. The predicted octanol–water partition coefficient (Wildman–Crippen LogP) is 1.32. The van der Waals surface area contributed by atoms with Crippen molar-refractivity contribution in [1.82, 2.24) is 9.55 Å². The summed E-state index contributed by atoms with van der Waals surface area (Å²) < 4.78 is 24.4. The first kappa shape index (κ1) is 25.6. The van der Waals surface area contributed by atoms with Crippen LogP contribution in [0.25, 0.3) is 0 Å². The molecule has 0 saturated carbocycles. The van der Waals surface area contributed by atoms with Gasteiger partial charge >= 0.3 is 17.6 Å². The highest BCUT2D eigenvalue weighted by Gasteiger charge is 2.62. The number of hydrogen-bond acceptors (Lipinski definition) is 8. The number of carbonyl (C=O) groups excluding carboxylic acids is 2. The number of rotatable bonds is 6. The Bertz CT molecular complexity index is 1030. The number of H-pyrrole nitrogens is 1. The van der Waals surface area contributed by atoms with E-state index in [0.717, 1.165) is 10.6 Å². The summed E-state index contributed by atoms with van der Waals surface area (Å²) >= 11 is 0. The highest BCUT2D eigenvalue weighted by Crippen LogP contribution is 2.46. The van der Waals surface area contributed by atoms with Crippen LogP contribution in [0.15, 0.2) is 21.9 Å². The fourth-order valence-electron chi connectivity index (χ4n) is 3.14. The van der Waals surface area contributed by atoms with Crippen LogP contribution in [0.4, 0.5) is 0 Å². The van der Waals surface area contributed by atoms with Crippen LogP contribution >= 0.6 is 0 Å². The first-order chi connectivity index (χ1) is 14.6. The van der Waals surface area contributed by atoms with E-state index in [1.807, 2.05) is 33.9 Å². The maximum absolute atomic E-state index is 12.6. The van der Waals surface area contributed by atoms with E-state index in [2.05, 4.69) is 10.9 Å². The van der Waals surface area contributed by atoms with Crippen LogP contribution in [0.1, 0.15) is 40.8 Å². The molecule has 10 nitrogen and oxygen atoms in total. The molecule has 32 heavy (non-hydrogen) atoms. The Morgan fingerprint density at radius 2 is 1.91 bits per heavy atom. The molecule has 0 spiro atoms. The van der Waals surface area contributed by atoms with Gasteiger partial charge in [-0.25, -0.2) is 4.79 Å². The van der Waals surface area contributed by atoms with Crippen molar-refractivity contribution in [3.8, 4) is 12.3 Å². The lowest BCUT2D eigenvalue weighted by molar-refractivity contribution is -0.166. The van der Waals surface area contributed by atoms with Crippen LogP contribution in [-0.2, 0) is 28.2 Å². The van der Waals surface area contributed by atoms with E-state index in [9.17, 15) is 19.2 Å². The molecule has 1 fully saturated rings. The maximum Gasteiger partial charge on any atom is 0.330 e. The standard InChI is InChI=1S/C21H30N2O8Si/c1-9-21(30-14(3)25)15(12-28-13(2)24)29-18(23-11-10-16(26)22-19(23)27)17(21)31-32(7,8)20(4,5)6/h1,10-11,15,17-18H,12H2,2-8H3,(H,22,26,27)/t15-,17+,18-,21-/m1/s1. The second-order valence-electron chi connectivity index (χ2n) is 9.17. The lowest BCUT2D eigenvalue weighted by Gasteiger charge is -2.42. The average molecular weight is 467 g/mol. The number of hydrogen-bond donors (Lipinski definition) is 1. The maximum atomic E-state index is 12.6. The third-order valence-corrected chi connectivity index (χ3v) is 10.2. The molecule has 1 aromatic rings. The van der Waals surface area contributed by atoms with Crippen LogP contribution < -0.4 is 11.2 Å². The largest absolute Gasteiger partial charge is 0.463 e. The van der Waals surface area contributed by atoms with Gasteiger partial charge in [-0.05, 0) is 18.1 Å². The van der Waals surface area contributed by atoms with Gasteiger partial charge in [0.15, 0.2) is 14.5 Å². The molecule has 1 saturated heterocycles. The van der Waals surface area contributed by atoms with Crippen LogP contribution in [-0.4, -0.2) is 54.2 Å². The lowest BCUT2D eigenvalue weighted by Crippen LogP contribution is -2.57. The molecule has 2 heterocycles. The zero-order chi connectivity index (χ0) is 24.5. The molecule has 4 atom stereocenters. The summed E-state index contributed by atoms with van der Waals surface area (Å²) in [5, 5.41) is -0.266. The SMILES string of the molecule is C#C[C@@]1(OC(C)=O)[C@@H](COC(C)=O)O[C@@H](n2ccc(=O)[nH]c2=O)[C@@H]1O[Si](C)(C)C(C)(C)C. The number of terminal acetylenes is 1. The van der Waals surface area contributed by atoms with E-state index >= 15 is 0 Å². The highest BCUT2D eigenvalue weighted by atomic mass is 28.4. The van der Waals surface area contributed by atoms with Crippen LogP contribution in [0, 0.1) is 12.3 Å². The summed E-state index contributed by atoms with van der Waals surface area (Å²) in [6.45, 7) is 12.0. The fourth-order valence-corrected chi connectivity index (χ4v) is 4.42. The van der Waals surface area contributed by atoms with Gasteiger partial charge in [-0.1, -0.05) is 26.7 Å². The second-order valence-corrected chi connectivity index (χ2v) is 13.9. The first-order valence-corrected chi connectivity index (χ1v) is 13.0. The second kappa shape index (κ2) is 9.05. The number of esters is 2. The molecule has 1 aliphatic heterocycles. The van der Waals surface area contributed by atoms with E-state index in [-0.39, 0.29) is 11.6 Å². The van der Waals surface area contributed by atoms with Gasteiger partial charge in [0.2, 0.25) is 5.60 Å². The first-order valence-electron chi connectivity index (χ1n) is 10.1. The van der Waals surface area contributed by atoms with Crippen molar-refractivity contribution in [2.75, 3.05) is 6.61 Å². The molecule has 0 aromatic carbocycles. The zero-order valence-electron chi connectivity index (χ0n) is 19.4. The molecule has 176 valence electrons. The number of carbonyl (C=O) groups is 2. The van der Waals surface area contributed by atoms with Gasteiger partial charge < -0.3 is 18.6 Å². The van der Waals surface area contributed by atoms with Crippen molar-refractivity contribution >= 4 is 20.3 Å². The number of aromatic amines is 1. The Balaban J connectivity index is 2.71. The van der Waals surface area contributed by atoms with Crippen LogP contribution in [0.5, 0.6) is 0 Å². The molecule has 1 aliphatic rings. The number of aromatic nitrogens is 2. The van der Waals surface area contributed by atoms with Crippen LogP contribution in [0.2, 0.25) is 18.1 Å². The molecule has 1 N–H and O–H groups in total. The normalized spacial score (nSPS) is 25.8. The van der Waals surface area contributed by atoms with E-state index in [0.29, 0.717) is 0 Å². The van der Waals surface area contributed by atoms with Gasteiger partial charge in [0.1, 0.15) is 18.8 Å². The van der Waals surface area contributed by atoms with Gasteiger partial charge in [0, 0.05) is 26.1 Å². The Hall–Kier alpha value is -2.68. The lowest BCUT2D eigenvalue weighted by atomic mass is 9.92. The summed E-state index contributed by atoms with van der Waals surface area (Å²) in [7, 11) is -2.57. The van der Waals surface area contributed by atoms with E-state index in [4.69, 9.17) is 25.1 Å². The summed E-state index contributed by atoms with van der Waals surface area (Å²) in [6.07, 6.45) is 3.71. The number of ether oxygens (including phenoxy) is 3. The van der Waals surface area contributed by atoms with Crippen LogP contribution in [0.3, 0.4) is 0 Å². The summed E-state index contributed by atoms with van der Waals surface area (Å²) in [4.78, 5) is 49.8. The molecular weight excluding hydrogens is 436 g/mol. The van der Waals surface area contributed by atoms with Gasteiger partial charge in [-0.3, -0.25) is 23.9 Å². The van der Waals surface area contributed by atoms with Gasteiger partial charge in [-0.2, -0.15) is 0 Å². The van der Waals surface area contributed by atoms with Crippen molar-refractivity contribution in [3.63, 3.8) is 0 Å². The van der Waals surface area contributed by atoms with Crippen molar-refractivity contribution in [2.24, 2.45) is 0 Å². The minimum Gasteiger partial charge on any atom is -0.463 e.